The molecular weight excluding hydrogens is 262 g/mol. The molecule has 4 nitrogen and oxygen atoms in total. The van der Waals surface area contributed by atoms with E-state index in [1.54, 1.807) is 11.9 Å². The number of amides is 1. The van der Waals surface area contributed by atoms with E-state index >= 15 is 0 Å². The molecule has 0 radical (unpaired) electrons. The van der Waals surface area contributed by atoms with Crippen molar-refractivity contribution in [3.63, 3.8) is 0 Å². The fraction of sp³-hybridized carbons (Fsp3) is 0.529. The predicted octanol–water partition coefficient (Wildman–Crippen LogP) is 1.85. The molecule has 1 heterocycles. The number of nitrogens with zero attached hydrogens (tertiary/aromatic N) is 3. The third kappa shape index (κ3) is 4.57. The van der Waals surface area contributed by atoms with Crippen LogP contribution < -0.4 is 0 Å². The summed E-state index contributed by atoms with van der Waals surface area (Å²) in [6.07, 6.45) is 3.07. The molecule has 1 aromatic rings. The number of rotatable bonds is 5. The normalized spacial score (nSPS) is 14.9. The molecule has 0 saturated carbocycles. The molecule has 0 saturated heterocycles. The fourth-order valence-electron chi connectivity index (χ4n) is 2.72. The minimum absolute atomic E-state index is 0.131. The van der Waals surface area contributed by atoms with E-state index < -0.39 is 0 Å². The van der Waals surface area contributed by atoms with E-state index in [0.29, 0.717) is 19.4 Å². The number of hydrogen-bond donors (Lipinski definition) is 0. The average molecular weight is 285 g/mol. The van der Waals surface area contributed by atoms with Crippen molar-refractivity contribution < 1.29 is 4.79 Å². The van der Waals surface area contributed by atoms with Crippen LogP contribution in [0.15, 0.2) is 24.3 Å². The highest BCUT2D eigenvalue weighted by atomic mass is 16.2. The number of carbonyl (C=O) groups excluding carboxylic acids is 1. The van der Waals surface area contributed by atoms with Gasteiger partial charge in [0.2, 0.25) is 5.91 Å². The van der Waals surface area contributed by atoms with E-state index in [4.69, 9.17) is 5.26 Å². The first kappa shape index (κ1) is 15.5. The van der Waals surface area contributed by atoms with Crippen LogP contribution in [0.1, 0.15) is 24.0 Å². The Kier molecular flexibility index (Phi) is 5.77. The largest absolute Gasteiger partial charge is 0.345 e. The monoisotopic (exact) mass is 285 g/mol. The minimum atomic E-state index is 0.131. The number of benzene rings is 1. The van der Waals surface area contributed by atoms with Crippen molar-refractivity contribution in [1.29, 1.82) is 5.26 Å². The molecule has 0 unspecified atom stereocenters. The molecule has 4 heteroatoms. The minimum Gasteiger partial charge on any atom is -0.345 e. The van der Waals surface area contributed by atoms with Gasteiger partial charge in [0.25, 0.3) is 0 Å². The first-order valence-electron chi connectivity index (χ1n) is 7.61. The second kappa shape index (κ2) is 7.80. The van der Waals surface area contributed by atoms with Gasteiger partial charge in [-0.2, -0.15) is 5.26 Å². The van der Waals surface area contributed by atoms with Crippen molar-refractivity contribution in [2.75, 3.05) is 33.2 Å². The molecule has 0 bridgehead atoms. The molecule has 2 rings (SSSR count). The molecule has 0 aromatic heterocycles. The molecule has 1 amide bonds. The number of nitriles is 1. The zero-order chi connectivity index (χ0) is 15.1. The Hall–Kier alpha value is -1.86. The van der Waals surface area contributed by atoms with Gasteiger partial charge in [-0.15, -0.1) is 0 Å². The summed E-state index contributed by atoms with van der Waals surface area (Å²) in [5, 5.41) is 8.55. The van der Waals surface area contributed by atoms with Gasteiger partial charge >= 0.3 is 0 Å². The summed E-state index contributed by atoms with van der Waals surface area (Å²) in [5.41, 5.74) is 2.88. The fourth-order valence-corrected chi connectivity index (χ4v) is 2.72. The first-order valence-corrected chi connectivity index (χ1v) is 7.61. The lowest BCUT2D eigenvalue weighted by Gasteiger charge is -2.21. The standard InChI is InChI=1S/C17H23N3O/c1-19(11-4-10-18)17(21)9-14-20-12-7-15-5-2-3-6-16(15)8-13-20/h2-3,5-6H,4,7-9,11-14H2,1H3. The lowest BCUT2D eigenvalue weighted by atomic mass is 10.0. The molecule has 0 aliphatic carbocycles. The number of fused-ring (bicyclic) bond motifs is 1. The van der Waals surface area contributed by atoms with Crippen molar-refractivity contribution in [2.45, 2.75) is 25.7 Å². The van der Waals surface area contributed by atoms with Crippen molar-refractivity contribution in [3.05, 3.63) is 35.4 Å². The van der Waals surface area contributed by atoms with Gasteiger partial charge in [-0.25, -0.2) is 0 Å². The van der Waals surface area contributed by atoms with E-state index in [9.17, 15) is 4.79 Å². The van der Waals surface area contributed by atoms with Crippen LogP contribution in [0.5, 0.6) is 0 Å². The van der Waals surface area contributed by atoms with Crippen molar-refractivity contribution in [2.24, 2.45) is 0 Å². The Morgan fingerprint density at radius 3 is 2.48 bits per heavy atom. The second-order valence-corrected chi connectivity index (χ2v) is 5.58. The number of hydrogen-bond acceptors (Lipinski definition) is 3. The van der Waals surface area contributed by atoms with E-state index in [1.165, 1.54) is 11.1 Å². The summed E-state index contributed by atoms with van der Waals surface area (Å²) in [4.78, 5) is 16.0. The highest BCUT2D eigenvalue weighted by molar-refractivity contribution is 5.76. The summed E-state index contributed by atoms with van der Waals surface area (Å²) in [5.74, 6) is 0.131. The molecule has 112 valence electrons. The van der Waals surface area contributed by atoms with Gasteiger partial charge in [0, 0.05) is 39.6 Å². The maximum Gasteiger partial charge on any atom is 0.223 e. The van der Waals surface area contributed by atoms with E-state index in [2.05, 4.69) is 35.2 Å². The lowest BCUT2D eigenvalue weighted by molar-refractivity contribution is -0.130. The lowest BCUT2D eigenvalue weighted by Crippen LogP contribution is -2.33. The Balaban J connectivity index is 1.78. The van der Waals surface area contributed by atoms with Crippen LogP contribution in [-0.2, 0) is 17.6 Å². The van der Waals surface area contributed by atoms with Crippen LogP contribution in [-0.4, -0.2) is 48.9 Å². The van der Waals surface area contributed by atoms with Crippen LogP contribution in [0, 0.1) is 11.3 Å². The quantitative estimate of drug-likeness (QED) is 0.829. The SMILES string of the molecule is CN(CCC#N)C(=O)CCN1CCc2ccccc2CC1. The van der Waals surface area contributed by atoms with E-state index in [1.807, 2.05) is 0 Å². The van der Waals surface area contributed by atoms with Gasteiger partial charge in [-0.1, -0.05) is 24.3 Å². The van der Waals surface area contributed by atoms with Gasteiger partial charge in [0.05, 0.1) is 12.5 Å². The summed E-state index contributed by atoms with van der Waals surface area (Å²) < 4.78 is 0. The summed E-state index contributed by atoms with van der Waals surface area (Å²) in [6.45, 7) is 3.38. The molecule has 21 heavy (non-hydrogen) atoms. The predicted molar refractivity (Wildman–Crippen MR) is 82.8 cm³/mol. The zero-order valence-corrected chi connectivity index (χ0v) is 12.7. The summed E-state index contributed by atoms with van der Waals surface area (Å²) in [7, 11) is 1.78. The van der Waals surface area contributed by atoms with E-state index in [0.717, 1.165) is 32.5 Å². The summed E-state index contributed by atoms with van der Waals surface area (Å²) in [6, 6.07) is 10.7. The Morgan fingerprint density at radius 1 is 1.29 bits per heavy atom. The van der Waals surface area contributed by atoms with Gasteiger partial charge in [-0.3, -0.25) is 4.79 Å². The first-order chi connectivity index (χ1) is 10.2. The molecule has 1 aromatic carbocycles. The molecule has 1 aliphatic rings. The topological polar surface area (TPSA) is 47.3 Å². The smallest absolute Gasteiger partial charge is 0.223 e. The highest BCUT2D eigenvalue weighted by Crippen LogP contribution is 2.15. The highest BCUT2D eigenvalue weighted by Gasteiger charge is 2.15. The maximum absolute atomic E-state index is 12.0. The van der Waals surface area contributed by atoms with Crippen molar-refractivity contribution in [3.8, 4) is 6.07 Å². The molecule has 0 fully saturated rings. The molecular formula is C17H23N3O. The van der Waals surface area contributed by atoms with Crippen molar-refractivity contribution >= 4 is 5.91 Å². The third-order valence-electron chi connectivity index (χ3n) is 4.14. The van der Waals surface area contributed by atoms with Gasteiger partial charge < -0.3 is 9.80 Å². The van der Waals surface area contributed by atoms with Gasteiger partial charge in [0.1, 0.15) is 0 Å². The van der Waals surface area contributed by atoms with Gasteiger partial charge in [0.15, 0.2) is 0 Å². The molecule has 1 aliphatic heterocycles. The Morgan fingerprint density at radius 2 is 1.90 bits per heavy atom. The van der Waals surface area contributed by atoms with Crippen molar-refractivity contribution in [1.82, 2.24) is 9.80 Å². The Bertz CT molecular complexity index is 494. The maximum atomic E-state index is 12.0. The van der Waals surface area contributed by atoms with Crippen LogP contribution >= 0.6 is 0 Å². The molecule has 0 N–H and O–H groups in total. The average Bonchev–Trinajstić information content (AvgIpc) is 2.72. The van der Waals surface area contributed by atoms with Crippen LogP contribution in [0.3, 0.4) is 0 Å². The molecule has 0 spiro atoms. The van der Waals surface area contributed by atoms with Crippen LogP contribution in [0.2, 0.25) is 0 Å². The second-order valence-electron chi connectivity index (χ2n) is 5.58. The summed E-state index contributed by atoms with van der Waals surface area (Å²) >= 11 is 0. The van der Waals surface area contributed by atoms with Crippen LogP contribution in [0.4, 0.5) is 0 Å². The Labute approximate surface area is 127 Å². The number of carbonyl (C=O) groups is 1. The van der Waals surface area contributed by atoms with E-state index in [-0.39, 0.29) is 5.91 Å². The van der Waals surface area contributed by atoms with Crippen LogP contribution in [0.25, 0.3) is 0 Å². The molecule has 0 atom stereocenters. The zero-order valence-electron chi connectivity index (χ0n) is 12.7. The van der Waals surface area contributed by atoms with Gasteiger partial charge in [-0.05, 0) is 24.0 Å². The third-order valence-corrected chi connectivity index (χ3v) is 4.14.